The molecule has 0 saturated carbocycles. The van der Waals surface area contributed by atoms with Crippen LogP contribution in [0.25, 0.3) is 0 Å². The van der Waals surface area contributed by atoms with Gasteiger partial charge in [-0.05, 0) is 26.6 Å². The Balaban J connectivity index is 2.45. The van der Waals surface area contributed by atoms with Gasteiger partial charge in [0, 0.05) is 24.7 Å². The third-order valence-electron chi connectivity index (χ3n) is 3.01. The number of hydrogen-bond acceptors (Lipinski definition) is 4. The molecule has 0 fully saturated rings. The molecule has 5 heteroatoms. The van der Waals surface area contributed by atoms with Crippen molar-refractivity contribution in [2.75, 3.05) is 20.6 Å². The number of nitrogens with zero attached hydrogens (tertiary/aromatic N) is 2. The van der Waals surface area contributed by atoms with Gasteiger partial charge in [0.15, 0.2) is 5.84 Å². The van der Waals surface area contributed by atoms with Crippen LogP contribution in [0.2, 0.25) is 0 Å². The highest BCUT2D eigenvalue weighted by molar-refractivity contribution is 5.96. The largest absolute Gasteiger partial charge is 0.409 e. The summed E-state index contributed by atoms with van der Waals surface area (Å²) in [6.07, 6.45) is 0. The molecule has 1 aromatic carbocycles. The molecular weight excluding hydrogens is 228 g/mol. The molecule has 0 aliphatic rings. The first-order valence-corrected chi connectivity index (χ1v) is 5.98. The molecule has 1 unspecified atom stereocenters. The number of rotatable bonds is 6. The van der Waals surface area contributed by atoms with Crippen molar-refractivity contribution in [3.63, 3.8) is 0 Å². The van der Waals surface area contributed by atoms with Crippen LogP contribution in [-0.4, -0.2) is 42.6 Å². The normalized spacial score (nSPS) is 13.9. The summed E-state index contributed by atoms with van der Waals surface area (Å²) in [4.78, 5) is 2.18. The lowest BCUT2D eigenvalue weighted by atomic mass is 10.1. The van der Waals surface area contributed by atoms with Gasteiger partial charge in [-0.3, -0.25) is 0 Å². The van der Waals surface area contributed by atoms with Crippen molar-refractivity contribution in [3.05, 3.63) is 35.4 Å². The molecule has 0 radical (unpaired) electrons. The zero-order chi connectivity index (χ0) is 13.5. The Morgan fingerprint density at radius 3 is 2.50 bits per heavy atom. The van der Waals surface area contributed by atoms with Crippen molar-refractivity contribution in [3.8, 4) is 0 Å². The van der Waals surface area contributed by atoms with E-state index >= 15 is 0 Å². The van der Waals surface area contributed by atoms with Crippen LogP contribution in [0, 0.1) is 0 Å². The van der Waals surface area contributed by atoms with Gasteiger partial charge in [-0.1, -0.05) is 29.4 Å². The molecule has 0 spiro atoms. The SMILES string of the molecule is CC(CNCc1ccc(C(N)=NO)cc1)N(C)C. The lowest BCUT2D eigenvalue weighted by Crippen LogP contribution is -2.35. The van der Waals surface area contributed by atoms with E-state index in [1.54, 1.807) is 0 Å². The second kappa shape index (κ2) is 6.98. The van der Waals surface area contributed by atoms with E-state index in [9.17, 15) is 0 Å². The summed E-state index contributed by atoms with van der Waals surface area (Å²) < 4.78 is 0. The smallest absolute Gasteiger partial charge is 0.170 e. The van der Waals surface area contributed by atoms with Crippen LogP contribution in [0.1, 0.15) is 18.1 Å². The fraction of sp³-hybridized carbons (Fsp3) is 0.462. The van der Waals surface area contributed by atoms with E-state index < -0.39 is 0 Å². The van der Waals surface area contributed by atoms with E-state index in [1.807, 2.05) is 24.3 Å². The molecule has 5 nitrogen and oxygen atoms in total. The topological polar surface area (TPSA) is 73.9 Å². The molecule has 0 heterocycles. The van der Waals surface area contributed by atoms with Gasteiger partial charge in [0.1, 0.15) is 0 Å². The summed E-state index contributed by atoms with van der Waals surface area (Å²) in [6, 6.07) is 8.14. The molecule has 4 N–H and O–H groups in total. The molecule has 0 aliphatic heterocycles. The summed E-state index contributed by atoms with van der Waals surface area (Å²) in [5.74, 6) is 0.135. The van der Waals surface area contributed by atoms with Gasteiger partial charge in [0.2, 0.25) is 0 Å². The van der Waals surface area contributed by atoms with E-state index in [0.717, 1.165) is 18.7 Å². The predicted octanol–water partition coefficient (Wildman–Crippen LogP) is 0.821. The molecule has 1 rings (SSSR count). The van der Waals surface area contributed by atoms with Gasteiger partial charge >= 0.3 is 0 Å². The zero-order valence-corrected chi connectivity index (χ0v) is 11.2. The maximum atomic E-state index is 8.56. The second-order valence-electron chi connectivity index (χ2n) is 4.63. The monoisotopic (exact) mass is 250 g/mol. The number of nitrogens with one attached hydrogen (secondary N) is 1. The quantitative estimate of drug-likeness (QED) is 0.302. The highest BCUT2D eigenvalue weighted by Crippen LogP contribution is 2.04. The van der Waals surface area contributed by atoms with Crippen molar-refractivity contribution in [1.29, 1.82) is 0 Å². The van der Waals surface area contributed by atoms with Gasteiger partial charge in [-0.15, -0.1) is 0 Å². The summed E-state index contributed by atoms with van der Waals surface area (Å²) in [6.45, 7) is 3.93. The van der Waals surface area contributed by atoms with Crippen LogP contribution in [0.4, 0.5) is 0 Å². The molecule has 1 atom stereocenters. The van der Waals surface area contributed by atoms with Gasteiger partial charge in [-0.2, -0.15) is 0 Å². The number of hydrogen-bond donors (Lipinski definition) is 3. The van der Waals surface area contributed by atoms with Crippen molar-refractivity contribution in [1.82, 2.24) is 10.2 Å². The molecule has 0 aromatic heterocycles. The summed E-state index contributed by atoms with van der Waals surface area (Å²) >= 11 is 0. The Kier molecular flexibility index (Phi) is 5.61. The van der Waals surface area contributed by atoms with Crippen molar-refractivity contribution < 1.29 is 5.21 Å². The van der Waals surface area contributed by atoms with Gasteiger partial charge < -0.3 is 21.2 Å². The summed E-state index contributed by atoms with van der Waals surface area (Å²) in [5.41, 5.74) is 7.40. The Morgan fingerprint density at radius 1 is 1.39 bits per heavy atom. The minimum atomic E-state index is 0.135. The Morgan fingerprint density at radius 2 is 2.00 bits per heavy atom. The molecule has 0 saturated heterocycles. The van der Waals surface area contributed by atoms with Crippen LogP contribution in [0.5, 0.6) is 0 Å². The van der Waals surface area contributed by atoms with Crippen molar-refractivity contribution in [2.24, 2.45) is 10.9 Å². The lowest BCUT2D eigenvalue weighted by Gasteiger charge is -2.20. The molecule has 100 valence electrons. The number of benzene rings is 1. The highest BCUT2D eigenvalue weighted by atomic mass is 16.4. The van der Waals surface area contributed by atoms with Gasteiger partial charge in [0.25, 0.3) is 0 Å². The average Bonchev–Trinajstić information content (AvgIpc) is 2.38. The van der Waals surface area contributed by atoms with E-state index in [2.05, 4.69) is 36.4 Å². The van der Waals surface area contributed by atoms with Crippen LogP contribution in [0.15, 0.2) is 29.4 Å². The first-order valence-electron chi connectivity index (χ1n) is 5.98. The molecule has 0 amide bonds. The molecular formula is C13H22N4O. The van der Waals surface area contributed by atoms with Crippen LogP contribution in [-0.2, 0) is 6.54 Å². The summed E-state index contributed by atoms with van der Waals surface area (Å²) in [5, 5.41) is 14.9. The molecule has 0 aliphatic carbocycles. The van der Waals surface area contributed by atoms with Gasteiger partial charge in [0.05, 0.1) is 0 Å². The van der Waals surface area contributed by atoms with E-state index in [0.29, 0.717) is 6.04 Å². The van der Waals surface area contributed by atoms with E-state index in [1.165, 1.54) is 5.56 Å². The van der Waals surface area contributed by atoms with E-state index in [4.69, 9.17) is 10.9 Å². The Bertz CT molecular complexity index is 386. The zero-order valence-electron chi connectivity index (χ0n) is 11.2. The highest BCUT2D eigenvalue weighted by Gasteiger charge is 2.03. The average molecular weight is 250 g/mol. The third kappa shape index (κ3) is 4.35. The number of oxime groups is 1. The third-order valence-corrected chi connectivity index (χ3v) is 3.01. The minimum absolute atomic E-state index is 0.135. The van der Waals surface area contributed by atoms with Crippen LogP contribution >= 0.6 is 0 Å². The maximum absolute atomic E-state index is 8.56. The molecule has 18 heavy (non-hydrogen) atoms. The standard InChI is InChI=1S/C13H22N4O/c1-10(17(2)3)8-15-9-11-4-6-12(7-5-11)13(14)16-18/h4-7,10,15,18H,8-9H2,1-3H3,(H2,14,16). The minimum Gasteiger partial charge on any atom is -0.409 e. The van der Waals surface area contributed by atoms with Crippen molar-refractivity contribution >= 4 is 5.84 Å². The molecule has 1 aromatic rings. The lowest BCUT2D eigenvalue weighted by molar-refractivity contribution is 0.302. The van der Waals surface area contributed by atoms with Crippen LogP contribution < -0.4 is 11.1 Å². The second-order valence-corrected chi connectivity index (χ2v) is 4.63. The first-order chi connectivity index (χ1) is 8.54. The van der Waals surface area contributed by atoms with Crippen LogP contribution in [0.3, 0.4) is 0 Å². The number of amidine groups is 1. The maximum Gasteiger partial charge on any atom is 0.170 e. The number of likely N-dealkylation sites (N-methyl/N-ethyl adjacent to an activating group) is 1. The summed E-state index contributed by atoms with van der Waals surface area (Å²) in [7, 11) is 4.14. The Labute approximate surface area is 108 Å². The Hall–Kier alpha value is -1.59. The van der Waals surface area contributed by atoms with Gasteiger partial charge in [-0.25, -0.2) is 0 Å². The van der Waals surface area contributed by atoms with Crippen molar-refractivity contribution in [2.45, 2.75) is 19.5 Å². The predicted molar refractivity (Wildman–Crippen MR) is 73.8 cm³/mol. The fourth-order valence-electron chi connectivity index (χ4n) is 1.46. The van der Waals surface area contributed by atoms with E-state index in [-0.39, 0.29) is 5.84 Å². The fourth-order valence-corrected chi connectivity index (χ4v) is 1.46. The first kappa shape index (κ1) is 14.5. The molecule has 0 bridgehead atoms. The number of nitrogens with two attached hydrogens (primary N) is 1.